The third kappa shape index (κ3) is 6.84. The topological polar surface area (TPSA) is 55.8 Å². The maximum absolute atomic E-state index is 12.0. The molecular weight excluding hydrogens is 338 g/mol. The molecule has 6 heteroatoms. The van der Waals surface area contributed by atoms with Gasteiger partial charge in [0.25, 0.3) is 0 Å². The van der Waals surface area contributed by atoms with Gasteiger partial charge in [-0.25, -0.2) is 4.79 Å². The van der Waals surface area contributed by atoms with Crippen molar-refractivity contribution in [2.75, 3.05) is 33.2 Å². The highest BCUT2D eigenvalue weighted by molar-refractivity contribution is 6.31. The summed E-state index contributed by atoms with van der Waals surface area (Å²) in [5, 5.41) is 13.1. The number of carbonyl (C=O) groups is 1. The Morgan fingerprint density at radius 2 is 2.08 bits per heavy atom. The van der Waals surface area contributed by atoms with E-state index in [9.17, 15) is 9.90 Å². The Hall–Kier alpha value is -1.30. The van der Waals surface area contributed by atoms with E-state index in [0.717, 1.165) is 44.0 Å². The van der Waals surface area contributed by atoms with E-state index in [-0.39, 0.29) is 12.1 Å². The summed E-state index contributed by atoms with van der Waals surface area (Å²) in [6.45, 7) is 5.98. The predicted molar refractivity (Wildman–Crippen MR) is 102 cm³/mol. The average molecular weight is 368 g/mol. The van der Waals surface area contributed by atoms with Gasteiger partial charge in [0.2, 0.25) is 0 Å². The van der Waals surface area contributed by atoms with Crippen molar-refractivity contribution in [2.24, 2.45) is 5.92 Å². The van der Waals surface area contributed by atoms with Crippen molar-refractivity contribution in [3.63, 3.8) is 0 Å². The third-order valence-corrected chi connectivity index (χ3v) is 5.20. The average Bonchev–Trinajstić information content (AvgIpc) is 2.60. The van der Waals surface area contributed by atoms with E-state index < -0.39 is 0 Å². The first-order valence-corrected chi connectivity index (χ1v) is 9.46. The van der Waals surface area contributed by atoms with Crippen molar-refractivity contribution in [3.05, 3.63) is 34.9 Å². The number of likely N-dealkylation sites (tertiary alicyclic amines) is 1. The largest absolute Gasteiger partial charge is 0.393 e. The van der Waals surface area contributed by atoms with Crippen molar-refractivity contribution in [2.45, 2.75) is 38.8 Å². The van der Waals surface area contributed by atoms with Crippen LogP contribution in [0.3, 0.4) is 0 Å². The van der Waals surface area contributed by atoms with E-state index in [1.807, 2.05) is 18.2 Å². The molecule has 1 heterocycles. The van der Waals surface area contributed by atoms with Gasteiger partial charge in [-0.2, -0.15) is 0 Å². The smallest absolute Gasteiger partial charge is 0.317 e. The molecule has 1 atom stereocenters. The van der Waals surface area contributed by atoms with Crippen LogP contribution in [0.15, 0.2) is 24.3 Å². The maximum Gasteiger partial charge on any atom is 0.317 e. The van der Waals surface area contributed by atoms with Gasteiger partial charge >= 0.3 is 6.03 Å². The van der Waals surface area contributed by atoms with Gasteiger partial charge in [0.15, 0.2) is 0 Å². The second-order valence-electron chi connectivity index (χ2n) is 7.06. The zero-order valence-corrected chi connectivity index (χ0v) is 16.0. The molecule has 1 fully saturated rings. The van der Waals surface area contributed by atoms with Crippen LogP contribution >= 0.6 is 11.6 Å². The Labute approximate surface area is 155 Å². The fraction of sp³-hybridized carbons (Fsp3) is 0.632. The standard InChI is InChI=1S/C19H30ClN3O2/c1-15(24)7-10-22(2)19(25)21-13-16-8-11-23(12-9-16)14-17-5-3-4-6-18(17)20/h3-6,15-16,24H,7-14H2,1-2H3,(H,21,25). The van der Waals surface area contributed by atoms with Crippen LogP contribution in [0.4, 0.5) is 4.79 Å². The molecule has 2 amide bonds. The lowest BCUT2D eigenvalue weighted by Crippen LogP contribution is -2.43. The highest BCUT2D eigenvalue weighted by atomic mass is 35.5. The van der Waals surface area contributed by atoms with Gasteiger partial charge in [0, 0.05) is 31.7 Å². The number of aliphatic hydroxyl groups is 1. The fourth-order valence-electron chi connectivity index (χ4n) is 3.06. The Morgan fingerprint density at radius 1 is 1.40 bits per heavy atom. The molecule has 0 saturated carbocycles. The van der Waals surface area contributed by atoms with Crippen LogP contribution in [-0.4, -0.2) is 60.3 Å². The van der Waals surface area contributed by atoms with Crippen molar-refractivity contribution >= 4 is 17.6 Å². The summed E-state index contributed by atoms with van der Waals surface area (Å²) < 4.78 is 0. The molecule has 1 saturated heterocycles. The number of nitrogens with zero attached hydrogens (tertiary/aromatic N) is 2. The molecule has 2 N–H and O–H groups in total. The monoisotopic (exact) mass is 367 g/mol. The first-order valence-electron chi connectivity index (χ1n) is 9.08. The first-order chi connectivity index (χ1) is 12.0. The normalized spacial score (nSPS) is 17.3. The lowest BCUT2D eigenvalue weighted by Gasteiger charge is -2.32. The second kappa shape index (κ2) is 10.00. The van der Waals surface area contributed by atoms with E-state index in [1.165, 1.54) is 5.56 Å². The number of amides is 2. The molecule has 0 aliphatic carbocycles. The number of piperidine rings is 1. The van der Waals surface area contributed by atoms with Crippen molar-refractivity contribution in [1.29, 1.82) is 0 Å². The summed E-state index contributed by atoms with van der Waals surface area (Å²) in [6.07, 6.45) is 2.40. The van der Waals surface area contributed by atoms with Crippen LogP contribution in [0.2, 0.25) is 5.02 Å². The van der Waals surface area contributed by atoms with Crippen LogP contribution in [0, 0.1) is 5.92 Å². The van der Waals surface area contributed by atoms with Gasteiger partial charge < -0.3 is 15.3 Å². The summed E-state index contributed by atoms with van der Waals surface area (Å²) in [6, 6.07) is 7.95. The van der Waals surface area contributed by atoms with Gasteiger partial charge in [-0.3, -0.25) is 4.90 Å². The Morgan fingerprint density at radius 3 is 2.72 bits per heavy atom. The van der Waals surface area contributed by atoms with Crippen LogP contribution in [0.5, 0.6) is 0 Å². The molecule has 140 valence electrons. The number of hydrogen-bond acceptors (Lipinski definition) is 3. The van der Waals surface area contributed by atoms with Gasteiger partial charge in [-0.05, 0) is 56.8 Å². The summed E-state index contributed by atoms with van der Waals surface area (Å²) in [7, 11) is 1.77. The number of benzene rings is 1. The highest BCUT2D eigenvalue weighted by Crippen LogP contribution is 2.21. The number of nitrogens with one attached hydrogen (secondary N) is 1. The molecule has 1 aliphatic rings. The quantitative estimate of drug-likeness (QED) is 0.779. The predicted octanol–water partition coefficient (Wildman–Crippen LogP) is 2.96. The van der Waals surface area contributed by atoms with Crippen LogP contribution in [-0.2, 0) is 6.54 Å². The van der Waals surface area contributed by atoms with Gasteiger partial charge in [0.05, 0.1) is 6.10 Å². The summed E-state index contributed by atoms with van der Waals surface area (Å²) in [4.78, 5) is 16.1. The zero-order chi connectivity index (χ0) is 18.2. The minimum absolute atomic E-state index is 0.0563. The molecule has 1 aromatic rings. The SMILES string of the molecule is CC(O)CCN(C)C(=O)NCC1CCN(Cc2ccccc2Cl)CC1. The van der Waals surface area contributed by atoms with E-state index >= 15 is 0 Å². The number of rotatable bonds is 7. The third-order valence-electron chi connectivity index (χ3n) is 4.83. The van der Waals surface area contributed by atoms with Crippen molar-refractivity contribution < 1.29 is 9.90 Å². The fourth-order valence-corrected chi connectivity index (χ4v) is 3.26. The number of halogens is 1. The Balaban J connectivity index is 1.67. The van der Waals surface area contributed by atoms with Crippen molar-refractivity contribution in [3.8, 4) is 0 Å². The zero-order valence-electron chi connectivity index (χ0n) is 15.2. The van der Waals surface area contributed by atoms with Gasteiger partial charge in [0.1, 0.15) is 0 Å². The number of carbonyl (C=O) groups excluding carboxylic acids is 1. The van der Waals surface area contributed by atoms with Crippen LogP contribution in [0.25, 0.3) is 0 Å². The first kappa shape index (κ1) is 20.0. The Bertz CT molecular complexity index is 545. The minimum atomic E-state index is -0.377. The number of hydrogen-bond donors (Lipinski definition) is 2. The Kier molecular flexibility index (Phi) is 8.00. The molecule has 0 aromatic heterocycles. The second-order valence-corrected chi connectivity index (χ2v) is 7.46. The molecule has 1 unspecified atom stereocenters. The molecule has 1 aliphatic heterocycles. The van der Waals surface area contributed by atoms with E-state index in [0.29, 0.717) is 18.9 Å². The lowest BCUT2D eigenvalue weighted by molar-refractivity contribution is 0.158. The molecule has 0 spiro atoms. The summed E-state index contributed by atoms with van der Waals surface area (Å²) >= 11 is 6.24. The van der Waals surface area contributed by atoms with Gasteiger partial charge in [-0.1, -0.05) is 29.8 Å². The molecule has 25 heavy (non-hydrogen) atoms. The number of urea groups is 1. The minimum Gasteiger partial charge on any atom is -0.393 e. The maximum atomic E-state index is 12.0. The highest BCUT2D eigenvalue weighted by Gasteiger charge is 2.21. The molecular formula is C19H30ClN3O2. The summed E-state index contributed by atoms with van der Waals surface area (Å²) in [5.41, 5.74) is 1.18. The van der Waals surface area contributed by atoms with Gasteiger partial charge in [-0.15, -0.1) is 0 Å². The molecule has 0 radical (unpaired) electrons. The molecule has 5 nitrogen and oxygen atoms in total. The van der Waals surface area contributed by atoms with E-state index in [2.05, 4.69) is 16.3 Å². The van der Waals surface area contributed by atoms with Crippen molar-refractivity contribution in [1.82, 2.24) is 15.1 Å². The lowest BCUT2D eigenvalue weighted by atomic mass is 9.96. The molecule has 1 aromatic carbocycles. The van der Waals surface area contributed by atoms with Crippen LogP contribution in [0.1, 0.15) is 31.7 Å². The molecule has 2 rings (SSSR count). The van der Waals surface area contributed by atoms with Crippen LogP contribution < -0.4 is 5.32 Å². The number of aliphatic hydroxyl groups excluding tert-OH is 1. The van der Waals surface area contributed by atoms with E-state index in [4.69, 9.17) is 11.6 Å². The summed E-state index contributed by atoms with van der Waals surface area (Å²) in [5.74, 6) is 0.525. The molecule has 0 bridgehead atoms. The van der Waals surface area contributed by atoms with E-state index in [1.54, 1.807) is 18.9 Å².